The molecule has 24 heavy (non-hydrogen) atoms. The van der Waals surface area contributed by atoms with Crippen molar-refractivity contribution in [2.45, 2.75) is 13.8 Å². The molecule has 1 N–H and O–H groups in total. The van der Waals surface area contributed by atoms with Crippen molar-refractivity contribution < 1.29 is 19.0 Å². The van der Waals surface area contributed by atoms with Crippen molar-refractivity contribution >= 4 is 5.91 Å². The Hall–Kier alpha value is -2.69. The monoisotopic (exact) mass is 329 g/mol. The van der Waals surface area contributed by atoms with E-state index in [1.807, 2.05) is 32.0 Å². The summed E-state index contributed by atoms with van der Waals surface area (Å²) in [6.07, 6.45) is 0. The number of hydrogen-bond donors (Lipinski definition) is 1. The molecule has 0 heterocycles. The predicted octanol–water partition coefficient (Wildman–Crippen LogP) is 3.13. The second-order valence-electron chi connectivity index (χ2n) is 5.37. The summed E-state index contributed by atoms with van der Waals surface area (Å²) in [5.41, 5.74) is 2.81. The summed E-state index contributed by atoms with van der Waals surface area (Å²) in [7, 11) is 3.10. The number of carbonyl (C=O) groups excluding carboxylic acids is 1. The molecule has 0 aliphatic rings. The Morgan fingerprint density at radius 1 is 1.00 bits per heavy atom. The van der Waals surface area contributed by atoms with Crippen LogP contribution < -0.4 is 19.5 Å². The zero-order valence-electron chi connectivity index (χ0n) is 14.5. The van der Waals surface area contributed by atoms with Crippen LogP contribution in [0.3, 0.4) is 0 Å². The number of nitrogens with one attached hydrogen (secondary N) is 1. The Morgan fingerprint density at radius 2 is 1.75 bits per heavy atom. The van der Waals surface area contributed by atoms with Gasteiger partial charge in [-0.25, -0.2) is 0 Å². The molecule has 0 aliphatic heterocycles. The lowest BCUT2D eigenvalue weighted by Crippen LogP contribution is -2.28. The number of aryl methyl sites for hydroxylation is 1. The molecule has 0 saturated carbocycles. The van der Waals surface area contributed by atoms with Gasteiger partial charge in [0.15, 0.2) is 11.5 Å². The average Bonchev–Trinajstić information content (AvgIpc) is 2.61. The number of carbonyl (C=O) groups is 1. The largest absolute Gasteiger partial charge is 0.493 e. The Bertz CT molecular complexity index is 713. The standard InChI is InChI=1S/C19H23NO4/c1-13-6-5-7-16(14(13)2)24-11-10-20-19(21)15-8-9-17(22-3)18(12-15)23-4/h5-9,12H,10-11H2,1-4H3,(H,20,21). The van der Waals surface area contributed by atoms with E-state index in [-0.39, 0.29) is 5.91 Å². The van der Waals surface area contributed by atoms with Gasteiger partial charge < -0.3 is 19.5 Å². The van der Waals surface area contributed by atoms with E-state index in [0.717, 1.165) is 11.3 Å². The average molecular weight is 329 g/mol. The molecule has 0 fully saturated rings. The topological polar surface area (TPSA) is 56.8 Å². The van der Waals surface area contributed by atoms with E-state index in [2.05, 4.69) is 5.32 Å². The summed E-state index contributed by atoms with van der Waals surface area (Å²) in [6, 6.07) is 11.0. The third kappa shape index (κ3) is 4.19. The van der Waals surface area contributed by atoms with E-state index in [4.69, 9.17) is 14.2 Å². The molecule has 0 aromatic heterocycles. The Kier molecular flexibility index (Phi) is 6.07. The van der Waals surface area contributed by atoms with Gasteiger partial charge in [0.05, 0.1) is 20.8 Å². The van der Waals surface area contributed by atoms with Crippen molar-refractivity contribution in [1.82, 2.24) is 5.32 Å². The van der Waals surface area contributed by atoms with E-state index in [1.54, 1.807) is 25.3 Å². The summed E-state index contributed by atoms with van der Waals surface area (Å²) < 4.78 is 16.1. The molecule has 0 radical (unpaired) electrons. The van der Waals surface area contributed by atoms with Crippen LogP contribution in [0.1, 0.15) is 21.5 Å². The lowest BCUT2D eigenvalue weighted by atomic mass is 10.1. The number of hydrogen-bond acceptors (Lipinski definition) is 4. The summed E-state index contributed by atoms with van der Waals surface area (Å²) in [6.45, 7) is 4.89. The first-order chi connectivity index (χ1) is 11.6. The SMILES string of the molecule is COc1ccc(C(=O)NCCOc2cccc(C)c2C)cc1OC. The van der Waals surface area contributed by atoms with Gasteiger partial charge in [0, 0.05) is 5.56 Å². The molecule has 0 bridgehead atoms. The normalized spacial score (nSPS) is 10.2. The van der Waals surface area contributed by atoms with Gasteiger partial charge in [0.25, 0.3) is 5.91 Å². The van der Waals surface area contributed by atoms with Crippen LogP contribution in [-0.2, 0) is 0 Å². The maximum Gasteiger partial charge on any atom is 0.251 e. The van der Waals surface area contributed by atoms with Gasteiger partial charge >= 0.3 is 0 Å². The van der Waals surface area contributed by atoms with E-state index in [9.17, 15) is 4.79 Å². The van der Waals surface area contributed by atoms with Crippen LogP contribution in [0.5, 0.6) is 17.2 Å². The highest BCUT2D eigenvalue weighted by atomic mass is 16.5. The number of ether oxygens (including phenoxy) is 3. The lowest BCUT2D eigenvalue weighted by molar-refractivity contribution is 0.0946. The van der Waals surface area contributed by atoms with E-state index in [1.165, 1.54) is 12.7 Å². The van der Waals surface area contributed by atoms with Crippen LogP contribution in [0, 0.1) is 13.8 Å². The van der Waals surface area contributed by atoms with Crippen LogP contribution >= 0.6 is 0 Å². The summed E-state index contributed by atoms with van der Waals surface area (Å²) in [4.78, 5) is 12.2. The molecular weight excluding hydrogens is 306 g/mol. The van der Waals surface area contributed by atoms with Gasteiger partial charge in [0.2, 0.25) is 0 Å². The molecule has 0 spiro atoms. The van der Waals surface area contributed by atoms with Gasteiger partial charge in [-0.2, -0.15) is 0 Å². The fourth-order valence-electron chi connectivity index (χ4n) is 2.29. The Morgan fingerprint density at radius 3 is 2.46 bits per heavy atom. The van der Waals surface area contributed by atoms with Crippen molar-refractivity contribution in [1.29, 1.82) is 0 Å². The minimum absolute atomic E-state index is 0.180. The molecule has 0 aliphatic carbocycles. The first kappa shape index (κ1) is 17.7. The third-order valence-corrected chi connectivity index (χ3v) is 3.85. The Labute approximate surface area is 142 Å². The first-order valence-corrected chi connectivity index (χ1v) is 7.76. The highest BCUT2D eigenvalue weighted by Gasteiger charge is 2.10. The van der Waals surface area contributed by atoms with Crippen LogP contribution in [0.15, 0.2) is 36.4 Å². The van der Waals surface area contributed by atoms with Crippen molar-refractivity contribution in [3.8, 4) is 17.2 Å². The molecule has 5 nitrogen and oxygen atoms in total. The van der Waals surface area contributed by atoms with Gasteiger partial charge in [-0.15, -0.1) is 0 Å². The zero-order chi connectivity index (χ0) is 17.5. The second-order valence-corrected chi connectivity index (χ2v) is 5.37. The van der Waals surface area contributed by atoms with Crippen LogP contribution in [0.4, 0.5) is 0 Å². The molecule has 0 saturated heterocycles. The summed E-state index contributed by atoms with van der Waals surface area (Å²) >= 11 is 0. The maximum absolute atomic E-state index is 12.2. The van der Waals surface area contributed by atoms with Crippen molar-refractivity contribution in [2.24, 2.45) is 0 Å². The Balaban J connectivity index is 1.88. The molecule has 0 atom stereocenters. The number of amides is 1. The van der Waals surface area contributed by atoms with Crippen LogP contribution in [-0.4, -0.2) is 33.3 Å². The summed E-state index contributed by atoms with van der Waals surface area (Å²) in [5, 5.41) is 2.83. The summed E-state index contributed by atoms with van der Waals surface area (Å²) in [5.74, 6) is 1.78. The fourth-order valence-corrected chi connectivity index (χ4v) is 2.29. The quantitative estimate of drug-likeness (QED) is 0.793. The van der Waals surface area contributed by atoms with Gasteiger partial charge in [0.1, 0.15) is 12.4 Å². The molecular formula is C19H23NO4. The molecule has 2 rings (SSSR count). The van der Waals surface area contributed by atoms with Crippen molar-refractivity contribution in [3.05, 3.63) is 53.1 Å². The highest BCUT2D eigenvalue weighted by Crippen LogP contribution is 2.27. The molecule has 1 amide bonds. The van der Waals surface area contributed by atoms with Gasteiger partial charge in [-0.3, -0.25) is 4.79 Å². The van der Waals surface area contributed by atoms with Crippen LogP contribution in [0.2, 0.25) is 0 Å². The minimum Gasteiger partial charge on any atom is -0.493 e. The zero-order valence-corrected chi connectivity index (χ0v) is 14.5. The van der Waals surface area contributed by atoms with Gasteiger partial charge in [-0.1, -0.05) is 12.1 Å². The molecule has 0 unspecified atom stereocenters. The van der Waals surface area contributed by atoms with Gasteiger partial charge in [-0.05, 0) is 49.2 Å². The lowest BCUT2D eigenvalue weighted by Gasteiger charge is -2.12. The minimum atomic E-state index is -0.180. The van der Waals surface area contributed by atoms with E-state index >= 15 is 0 Å². The second kappa shape index (κ2) is 8.24. The molecule has 5 heteroatoms. The van der Waals surface area contributed by atoms with E-state index in [0.29, 0.717) is 30.2 Å². The molecule has 2 aromatic rings. The van der Waals surface area contributed by atoms with Crippen molar-refractivity contribution in [2.75, 3.05) is 27.4 Å². The molecule has 128 valence electrons. The predicted molar refractivity (Wildman–Crippen MR) is 93.3 cm³/mol. The number of benzene rings is 2. The highest BCUT2D eigenvalue weighted by molar-refractivity contribution is 5.94. The van der Waals surface area contributed by atoms with Crippen LogP contribution in [0.25, 0.3) is 0 Å². The van der Waals surface area contributed by atoms with E-state index < -0.39 is 0 Å². The smallest absolute Gasteiger partial charge is 0.251 e. The first-order valence-electron chi connectivity index (χ1n) is 7.76. The van der Waals surface area contributed by atoms with Crippen molar-refractivity contribution in [3.63, 3.8) is 0 Å². The third-order valence-electron chi connectivity index (χ3n) is 3.85. The maximum atomic E-state index is 12.2. The number of rotatable bonds is 7. The molecule has 2 aromatic carbocycles. The number of methoxy groups -OCH3 is 2. The fraction of sp³-hybridized carbons (Fsp3) is 0.316.